The molecule has 0 fully saturated rings. The van der Waals surface area contributed by atoms with Crippen LogP contribution in [0.4, 0.5) is 0 Å². The van der Waals surface area contributed by atoms with E-state index in [-0.39, 0.29) is 0 Å². The van der Waals surface area contributed by atoms with Gasteiger partial charge >= 0.3 is 11.9 Å². The minimum Gasteiger partial charge on any atom is -0.465 e. The molecule has 66 valence electrons. The summed E-state index contributed by atoms with van der Waals surface area (Å²) in [5.41, 5.74) is 0. The van der Waals surface area contributed by atoms with Crippen molar-refractivity contribution in [3.8, 4) is 0 Å². The van der Waals surface area contributed by atoms with Gasteiger partial charge in [-0.05, 0) is 0 Å². The maximum absolute atomic E-state index is 10.9. The van der Waals surface area contributed by atoms with Crippen LogP contribution >= 0.6 is 20.7 Å². The summed E-state index contributed by atoms with van der Waals surface area (Å²) in [6.45, 7) is 0. The van der Waals surface area contributed by atoms with Gasteiger partial charge in [0.2, 0.25) is 0 Å². The minimum absolute atomic E-state index is 0.328. The molecule has 0 atom stereocenters. The van der Waals surface area contributed by atoms with Gasteiger partial charge < -0.3 is 9.47 Å². The van der Waals surface area contributed by atoms with Crippen LogP contribution in [0, 0.1) is 0 Å². The smallest absolute Gasteiger partial charge is 0.350 e. The summed E-state index contributed by atoms with van der Waals surface area (Å²) in [6.07, 6.45) is 0. The Labute approximate surface area is 76.1 Å². The van der Waals surface area contributed by atoms with Gasteiger partial charge in [0.1, 0.15) is 9.75 Å². The van der Waals surface area contributed by atoms with Gasteiger partial charge in [-0.2, -0.15) is 0 Å². The fraction of sp³-hybridized carbons (Fsp3) is 0.333. The lowest BCUT2D eigenvalue weighted by molar-refractivity contribution is 0.0563. The molecule has 0 aliphatic carbocycles. The molecule has 0 aromatic carbocycles. The van der Waals surface area contributed by atoms with Crippen molar-refractivity contribution in [3.63, 3.8) is 0 Å². The molecule has 0 N–H and O–H groups in total. The van der Waals surface area contributed by atoms with Gasteiger partial charge in [-0.15, -0.1) is 0 Å². The van der Waals surface area contributed by atoms with Crippen LogP contribution in [0.5, 0.6) is 0 Å². The number of hydrogen-bond acceptors (Lipinski definition) is 6. The second-order valence-corrected chi connectivity index (χ2v) is 3.96. The maximum Gasteiger partial charge on any atom is 0.350 e. The maximum atomic E-state index is 10.9. The van der Waals surface area contributed by atoms with Crippen LogP contribution < -0.4 is 0 Å². The molecule has 0 unspecified atom stereocenters. The van der Waals surface area contributed by atoms with Gasteiger partial charge in [0, 0.05) is 0 Å². The van der Waals surface area contributed by atoms with E-state index in [9.17, 15) is 9.59 Å². The molecule has 1 rings (SSSR count). The summed E-state index contributed by atoms with van der Waals surface area (Å²) >= 11 is 0. The molecule has 1 aromatic heterocycles. The topological polar surface area (TPSA) is 52.6 Å². The molecule has 0 radical (unpaired) electrons. The highest BCUT2D eigenvalue weighted by molar-refractivity contribution is 7.73. The summed E-state index contributed by atoms with van der Waals surface area (Å²) in [4.78, 5) is 22.5. The average Bonchev–Trinajstić information content (AvgIpc) is 2.02. The van der Waals surface area contributed by atoms with Crippen LogP contribution in [-0.4, -0.2) is 26.2 Å². The molecule has 0 aliphatic heterocycles. The Morgan fingerprint density at radius 1 is 1.00 bits per heavy atom. The number of ether oxygens (including phenoxy) is 2. The molecule has 12 heavy (non-hydrogen) atoms. The third kappa shape index (κ3) is 1.49. The van der Waals surface area contributed by atoms with Crippen LogP contribution in [0.15, 0.2) is 0 Å². The molecule has 1 heterocycles. The molecule has 0 saturated heterocycles. The largest absolute Gasteiger partial charge is 0.465 e. The lowest BCUT2D eigenvalue weighted by Gasteiger charge is -2.05. The molecule has 0 bridgehead atoms. The standard InChI is InChI=1S/C6H6O4S2/c1-9-5(7)3-4(12-11-3)6(8)10-2/h1-2H3. The van der Waals surface area contributed by atoms with Crippen LogP contribution in [0.25, 0.3) is 0 Å². The number of esters is 2. The Hall–Kier alpha value is -0.880. The van der Waals surface area contributed by atoms with Gasteiger partial charge in [0.25, 0.3) is 0 Å². The van der Waals surface area contributed by atoms with E-state index in [0.29, 0.717) is 9.75 Å². The van der Waals surface area contributed by atoms with Crippen LogP contribution in [0.1, 0.15) is 19.3 Å². The summed E-state index contributed by atoms with van der Waals surface area (Å²) in [5.74, 6) is -0.974. The second-order valence-electron chi connectivity index (χ2n) is 1.81. The average molecular weight is 206 g/mol. The van der Waals surface area contributed by atoms with Crippen molar-refractivity contribution >= 4 is 32.6 Å². The predicted molar refractivity (Wildman–Crippen MR) is 44.9 cm³/mol. The zero-order valence-electron chi connectivity index (χ0n) is 6.45. The highest BCUT2D eigenvalue weighted by Crippen LogP contribution is 2.29. The van der Waals surface area contributed by atoms with Crippen molar-refractivity contribution in [2.75, 3.05) is 14.2 Å². The quantitative estimate of drug-likeness (QED) is 0.542. The monoisotopic (exact) mass is 206 g/mol. The van der Waals surface area contributed by atoms with Crippen LogP contribution in [-0.2, 0) is 9.47 Å². The van der Waals surface area contributed by atoms with E-state index >= 15 is 0 Å². The fourth-order valence-corrected chi connectivity index (χ4v) is 2.44. The molecule has 0 aliphatic rings. The number of methoxy groups -OCH3 is 2. The van der Waals surface area contributed by atoms with Crippen molar-refractivity contribution in [3.05, 3.63) is 9.75 Å². The molecule has 6 heteroatoms. The molecule has 0 spiro atoms. The van der Waals surface area contributed by atoms with Crippen LogP contribution in [0.3, 0.4) is 0 Å². The molecule has 1 aromatic rings. The van der Waals surface area contributed by atoms with Crippen molar-refractivity contribution in [1.29, 1.82) is 0 Å². The lowest BCUT2D eigenvalue weighted by atomic mass is 10.4. The fourth-order valence-electron chi connectivity index (χ4n) is 0.564. The van der Waals surface area contributed by atoms with Gasteiger partial charge in [-0.1, -0.05) is 20.7 Å². The Morgan fingerprint density at radius 3 is 1.50 bits per heavy atom. The van der Waals surface area contributed by atoms with E-state index in [1.807, 2.05) is 0 Å². The third-order valence-corrected chi connectivity index (χ3v) is 3.69. The Bertz CT molecular complexity index is 269. The lowest BCUT2D eigenvalue weighted by Crippen LogP contribution is -2.10. The molecular formula is C6H6O4S2. The van der Waals surface area contributed by atoms with Gasteiger partial charge in [-0.25, -0.2) is 9.59 Å². The normalized spacial score (nSPS) is 9.50. The second kappa shape index (κ2) is 3.68. The number of rotatable bonds is 2. The first-order valence-electron chi connectivity index (χ1n) is 2.96. The van der Waals surface area contributed by atoms with E-state index in [0.717, 1.165) is 0 Å². The Morgan fingerprint density at radius 2 is 1.33 bits per heavy atom. The number of carbonyl (C=O) groups is 2. The first-order valence-corrected chi connectivity index (χ1v) is 5.11. The third-order valence-electron chi connectivity index (χ3n) is 1.16. The summed E-state index contributed by atoms with van der Waals surface area (Å²) in [7, 11) is 4.96. The first kappa shape index (κ1) is 9.21. The van der Waals surface area contributed by atoms with E-state index in [4.69, 9.17) is 0 Å². The highest BCUT2D eigenvalue weighted by Gasteiger charge is 2.23. The Kier molecular flexibility index (Phi) is 2.83. The van der Waals surface area contributed by atoms with E-state index in [1.54, 1.807) is 0 Å². The van der Waals surface area contributed by atoms with Gasteiger partial charge in [-0.3, -0.25) is 0 Å². The zero-order chi connectivity index (χ0) is 9.14. The van der Waals surface area contributed by atoms with Crippen molar-refractivity contribution in [2.24, 2.45) is 0 Å². The van der Waals surface area contributed by atoms with E-state index in [1.165, 1.54) is 34.9 Å². The molecular weight excluding hydrogens is 200 g/mol. The Balaban J connectivity index is 2.79. The van der Waals surface area contributed by atoms with E-state index in [2.05, 4.69) is 9.47 Å². The molecule has 4 nitrogen and oxygen atoms in total. The number of carbonyl (C=O) groups excluding carboxylic acids is 2. The van der Waals surface area contributed by atoms with Crippen LogP contribution in [0.2, 0.25) is 0 Å². The van der Waals surface area contributed by atoms with E-state index < -0.39 is 11.9 Å². The highest BCUT2D eigenvalue weighted by atomic mass is 32.9. The van der Waals surface area contributed by atoms with Crippen molar-refractivity contribution < 1.29 is 19.1 Å². The number of hydrogen-bond donors (Lipinski definition) is 0. The predicted octanol–water partition coefficient (Wildman–Crippen LogP) is 1.38. The zero-order valence-corrected chi connectivity index (χ0v) is 8.08. The molecule has 0 amide bonds. The molecule has 0 saturated carbocycles. The van der Waals surface area contributed by atoms with Crippen molar-refractivity contribution in [2.45, 2.75) is 0 Å². The first-order chi connectivity index (χ1) is 5.70. The van der Waals surface area contributed by atoms with Crippen molar-refractivity contribution in [1.82, 2.24) is 0 Å². The summed E-state index contributed by atoms with van der Waals surface area (Å²) in [5, 5.41) is 0. The minimum atomic E-state index is -0.487. The van der Waals surface area contributed by atoms with Gasteiger partial charge in [0.15, 0.2) is 0 Å². The van der Waals surface area contributed by atoms with Gasteiger partial charge in [0.05, 0.1) is 14.2 Å². The SMILES string of the molecule is COC(=O)c1ssc1C(=O)OC. The summed E-state index contributed by atoms with van der Waals surface area (Å²) in [6, 6.07) is 0. The summed E-state index contributed by atoms with van der Waals surface area (Å²) < 4.78 is 8.88.